The van der Waals surface area contributed by atoms with Crippen molar-refractivity contribution in [2.45, 2.75) is 32.9 Å². The van der Waals surface area contributed by atoms with Gasteiger partial charge >= 0.3 is 6.09 Å². The third kappa shape index (κ3) is 3.16. The molecule has 1 aromatic carbocycles. The fourth-order valence-electron chi connectivity index (χ4n) is 2.58. The van der Waals surface area contributed by atoms with Crippen molar-refractivity contribution in [1.82, 2.24) is 14.7 Å². The summed E-state index contributed by atoms with van der Waals surface area (Å²) in [7, 11) is 0. The molecular weight excluding hydrogens is 282 g/mol. The molecule has 6 heteroatoms. The molecule has 2 heterocycles. The van der Waals surface area contributed by atoms with Crippen LogP contribution in [-0.4, -0.2) is 44.6 Å². The number of ether oxygens (including phenoxy) is 1. The van der Waals surface area contributed by atoms with E-state index in [9.17, 15) is 9.90 Å². The van der Waals surface area contributed by atoms with Crippen molar-refractivity contribution in [2.24, 2.45) is 5.92 Å². The Hall–Kier alpha value is -2.24. The van der Waals surface area contributed by atoms with Crippen LogP contribution in [0.3, 0.4) is 0 Å². The van der Waals surface area contributed by atoms with E-state index in [1.54, 1.807) is 23.1 Å². The topological polar surface area (TPSA) is 67.6 Å². The molecule has 1 fully saturated rings. The van der Waals surface area contributed by atoms with Gasteiger partial charge in [-0.2, -0.15) is 5.10 Å². The fraction of sp³-hybridized carbons (Fsp3) is 0.500. The maximum Gasteiger partial charge on any atom is 0.410 e. The third-order valence-electron chi connectivity index (χ3n) is 3.59. The maximum absolute atomic E-state index is 11.9. The first-order valence-electron chi connectivity index (χ1n) is 7.44. The number of hydrogen-bond acceptors (Lipinski definition) is 4. The Balaban J connectivity index is 1.56. The summed E-state index contributed by atoms with van der Waals surface area (Å²) in [5, 5.41) is 14.9. The first-order chi connectivity index (χ1) is 10.3. The van der Waals surface area contributed by atoms with E-state index in [4.69, 9.17) is 4.74 Å². The number of aromatic hydroxyl groups is 1. The highest BCUT2D eigenvalue weighted by Crippen LogP contribution is 2.23. The summed E-state index contributed by atoms with van der Waals surface area (Å²) >= 11 is 0. The molecule has 0 bridgehead atoms. The Morgan fingerprint density at radius 1 is 1.41 bits per heavy atom. The van der Waals surface area contributed by atoms with Crippen molar-refractivity contribution < 1.29 is 14.6 Å². The molecular formula is C16H21N3O3. The fourth-order valence-corrected chi connectivity index (χ4v) is 2.58. The highest BCUT2D eigenvalue weighted by atomic mass is 16.6. The lowest BCUT2D eigenvalue weighted by atomic mass is 10.0. The molecule has 1 aliphatic rings. The number of fused-ring (bicyclic) bond motifs is 1. The van der Waals surface area contributed by atoms with Gasteiger partial charge in [-0.1, -0.05) is 0 Å². The minimum atomic E-state index is -0.454. The summed E-state index contributed by atoms with van der Waals surface area (Å²) < 4.78 is 7.21. The van der Waals surface area contributed by atoms with Crippen LogP contribution in [0.1, 0.15) is 20.8 Å². The zero-order valence-corrected chi connectivity index (χ0v) is 13.1. The van der Waals surface area contributed by atoms with Crippen LogP contribution in [-0.2, 0) is 11.3 Å². The smallest absolute Gasteiger partial charge is 0.410 e. The first kappa shape index (κ1) is 14.7. The highest BCUT2D eigenvalue weighted by Gasteiger charge is 2.33. The quantitative estimate of drug-likeness (QED) is 0.926. The monoisotopic (exact) mass is 303 g/mol. The predicted octanol–water partition coefficient (Wildman–Crippen LogP) is 2.61. The molecule has 118 valence electrons. The SMILES string of the molecule is CC(C)(C)OC(=O)N1CC(Cn2cc3cc(O)ccc3n2)C1. The van der Waals surface area contributed by atoms with Crippen LogP contribution in [0, 0.1) is 5.92 Å². The van der Waals surface area contributed by atoms with Gasteiger partial charge in [0.2, 0.25) is 0 Å². The van der Waals surface area contributed by atoms with Crippen molar-refractivity contribution >= 4 is 17.0 Å². The van der Waals surface area contributed by atoms with Gasteiger partial charge in [-0.3, -0.25) is 4.68 Å². The van der Waals surface area contributed by atoms with E-state index in [1.165, 1.54) is 0 Å². The number of carbonyl (C=O) groups is 1. The lowest BCUT2D eigenvalue weighted by molar-refractivity contribution is -0.00381. The van der Waals surface area contributed by atoms with Crippen LogP contribution < -0.4 is 0 Å². The van der Waals surface area contributed by atoms with E-state index in [2.05, 4.69) is 5.10 Å². The molecule has 0 radical (unpaired) electrons. The number of phenols is 1. The van der Waals surface area contributed by atoms with Crippen molar-refractivity contribution in [3.8, 4) is 5.75 Å². The minimum absolute atomic E-state index is 0.242. The number of nitrogens with zero attached hydrogens (tertiary/aromatic N) is 3. The summed E-state index contributed by atoms with van der Waals surface area (Å²) in [6, 6.07) is 5.13. The molecule has 22 heavy (non-hydrogen) atoms. The standard InChI is InChI=1S/C16H21N3O3/c1-16(2,3)22-15(21)18-7-11(8-18)9-19-10-12-6-13(20)4-5-14(12)17-19/h4-6,10-11,20H,7-9H2,1-3H3. The predicted molar refractivity (Wildman–Crippen MR) is 82.7 cm³/mol. The lowest BCUT2D eigenvalue weighted by Crippen LogP contribution is -2.52. The number of aromatic nitrogens is 2. The molecule has 0 spiro atoms. The first-order valence-corrected chi connectivity index (χ1v) is 7.44. The number of rotatable bonds is 2. The average molecular weight is 303 g/mol. The van der Waals surface area contributed by atoms with Crippen LogP contribution in [0.15, 0.2) is 24.4 Å². The molecule has 1 aliphatic heterocycles. The van der Waals surface area contributed by atoms with E-state index in [1.807, 2.05) is 31.6 Å². The Morgan fingerprint density at radius 3 is 2.82 bits per heavy atom. The largest absolute Gasteiger partial charge is 0.508 e. The molecule has 0 aliphatic carbocycles. The average Bonchev–Trinajstić information content (AvgIpc) is 2.72. The van der Waals surface area contributed by atoms with Gasteiger partial charge < -0.3 is 14.7 Å². The molecule has 1 aromatic heterocycles. The molecule has 0 unspecified atom stereocenters. The molecule has 0 atom stereocenters. The Kier molecular flexibility index (Phi) is 3.47. The molecule has 0 saturated carbocycles. The normalized spacial score (nSPS) is 15.9. The molecule has 1 saturated heterocycles. The summed E-state index contributed by atoms with van der Waals surface area (Å²) in [6.45, 7) is 7.74. The highest BCUT2D eigenvalue weighted by molar-refractivity contribution is 5.79. The summed E-state index contributed by atoms with van der Waals surface area (Å²) in [6.07, 6.45) is 1.67. The van der Waals surface area contributed by atoms with Crippen LogP contribution >= 0.6 is 0 Å². The van der Waals surface area contributed by atoms with Crippen LogP contribution in [0.5, 0.6) is 5.75 Å². The van der Waals surface area contributed by atoms with Crippen molar-refractivity contribution in [3.63, 3.8) is 0 Å². The van der Waals surface area contributed by atoms with Crippen molar-refractivity contribution in [2.75, 3.05) is 13.1 Å². The number of likely N-dealkylation sites (tertiary alicyclic amines) is 1. The minimum Gasteiger partial charge on any atom is -0.508 e. The number of benzene rings is 1. The van der Waals surface area contributed by atoms with E-state index >= 15 is 0 Å². The number of hydrogen-bond donors (Lipinski definition) is 1. The van der Waals surface area contributed by atoms with Gasteiger partial charge in [0, 0.05) is 37.1 Å². The summed E-state index contributed by atoms with van der Waals surface area (Å²) in [4.78, 5) is 13.6. The Morgan fingerprint density at radius 2 is 2.14 bits per heavy atom. The van der Waals surface area contributed by atoms with Gasteiger partial charge in [0.25, 0.3) is 0 Å². The molecule has 2 aromatic rings. The van der Waals surface area contributed by atoms with Crippen molar-refractivity contribution in [1.29, 1.82) is 0 Å². The van der Waals surface area contributed by atoms with Gasteiger partial charge in [0.15, 0.2) is 0 Å². The molecule has 6 nitrogen and oxygen atoms in total. The lowest BCUT2D eigenvalue weighted by Gasteiger charge is -2.39. The van der Waals surface area contributed by atoms with Gasteiger partial charge in [0.05, 0.1) is 5.52 Å². The van der Waals surface area contributed by atoms with Crippen LogP contribution in [0.2, 0.25) is 0 Å². The number of carbonyl (C=O) groups excluding carboxylic acids is 1. The number of amides is 1. The molecule has 1 N–H and O–H groups in total. The van der Waals surface area contributed by atoms with Crippen molar-refractivity contribution in [3.05, 3.63) is 24.4 Å². The number of phenolic OH excluding ortho intramolecular Hbond substituents is 1. The van der Waals surface area contributed by atoms with E-state index in [0.29, 0.717) is 19.0 Å². The van der Waals surface area contributed by atoms with Gasteiger partial charge in [-0.05, 0) is 39.0 Å². The second kappa shape index (κ2) is 5.19. The summed E-state index contributed by atoms with van der Waals surface area (Å²) in [5.74, 6) is 0.627. The zero-order chi connectivity index (χ0) is 15.9. The van der Waals surface area contributed by atoms with E-state index in [0.717, 1.165) is 17.4 Å². The second-order valence-corrected chi connectivity index (χ2v) is 6.85. The third-order valence-corrected chi connectivity index (χ3v) is 3.59. The zero-order valence-electron chi connectivity index (χ0n) is 13.1. The van der Waals surface area contributed by atoms with Gasteiger partial charge in [0.1, 0.15) is 11.4 Å². The van der Waals surface area contributed by atoms with Gasteiger partial charge in [-0.15, -0.1) is 0 Å². The molecule has 3 rings (SSSR count). The maximum atomic E-state index is 11.9. The Bertz CT molecular complexity index is 696. The van der Waals surface area contributed by atoms with Crippen LogP contribution in [0.25, 0.3) is 10.9 Å². The summed E-state index contributed by atoms with van der Waals surface area (Å²) in [5.41, 5.74) is 0.408. The van der Waals surface area contributed by atoms with E-state index in [-0.39, 0.29) is 11.8 Å². The van der Waals surface area contributed by atoms with Gasteiger partial charge in [-0.25, -0.2) is 4.79 Å². The molecule has 1 amide bonds. The van der Waals surface area contributed by atoms with E-state index < -0.39 is 5.60 Å². The second-order valence-electron chi connectivity index (χ2n) is 6.85. The van der Waals surface area contributed by atoms with Crippen LogP contribution in [0.4, 0.5) is 4.79 Å². The Labute approximate surface area is 129 Å².